The second-order valence-electron chi connectivity index (χ2n) is 11.9. The van der Waals surface area contributed by atoms with Crippen LogP contribution in [-0.2, 0) is 6.54 Å². The number of anilines is 1. The third-order valence-electron chi connectivity index (χ3n) is 6.99. The van der Waals surface area contributed by atoms with Crippen LogP contribution in [0.15, 0.2) is 67.9 Å². The predicted octanol–water partition coefficient (Wildman–Crippen LogP) is 6.22. The van der Waals surface area contributed by atoms with E-state index in [4.69, 9.17) is 4.98 Å². The lowest BCUT2D eigenvalue weighted by Gasteiger charge is -2.20. The zero-order valence-corrected chi connectivity index (χ0v) is 25.6. The molecule has 0 unspecified atom stereocenters. The molecule has 8 nitrogen and oxygen atoms in total. The molecular weight excluding hydrogens is 558 g/mol. The van der Waals surface area contributed by atoms with Crippen molar-refractivity contribution in [1.82, 2.24) is 35.5 Å². The highest BCUT2D eigenvalue weighted by atomic mass is 19.1. The van der Waals surface area contributed by atoms with Crippen molar-refractivity contribution < 1.29 is 8.78 Å². The Kier molecular flexibility index (Phi) is 8.55. The van der Waals surface area contributed by atoms with Gasteiger partial charge in [-0.05, 0) is 61.2 Å². The zero-order chi connectivity index (χ0) is 31.6. The SMILES string of the molecule is C=C(CC(C)(C)C)Nc1cncc(C(=C)/C(F)=c2/c(-c3nc4c(-c5cc(F)cc(CNC)c5)cncc4[nH]3)n[nH]/c2=C/C)c1. The van der Waals surface area contributed by atoms with E-state index in [0.717, 1.165) is 17.7 Å². The molecule has 44 heavy (non-hydrogen) atoms. The second kappa shape index (κ2) is 12.3. The molecule has 226 valence electrons. The largest absolute Gasteiger partial charge is 0.358 e. The van der Waals surface area contributed by atoms with Gasteiger partial charge in [-0.25, -0.2) is 13.8 Å². The molecule has 4 heterocycles. The molecule has 0 aliphatic carbocycles. The van der Waals surface area contributed by atoms with E-state index in [9.17, 15) is 4.39 Å². The topological polar surface area (TPSA) is 107 Å². The van der Waals surface area contributed by atoms with E-state index >= 15 is 4.39 Å². The van der Waals surface area contributed by atoms with Crippen LogP contribution in [0.1, 0.15) is 45.2 Å². The van der Waals surface area contributed by atoms with Crippen molar-refractivity contribution in [2.24, 2.45) is 5.41 Å². The lowest BCUT2D eigenvalue weighted by atomic mass is 9.91. The van der Waals surface area contributed by atoms with Gasteiger partial charge in [-0.1, -0.05) is 40.0 Å². The molecular formula is C34H36F2N8. The summed E-state index contributed by atoms with van der Waals surface area (Å²) < 4.78 is 30.9. The standard InChI is InChI=1S/C34H36F2N8/c1-8-27-29(30(36)20(3)23-12-25(16-38-15-23)40-19(2)13-34(4,5)6)32(44-43-27)33-41-28-18-39-17-26(31(28)42-33)22-9-21(14-37-7)10-24(35)11-22/h8-12,15-18,37,40,43H,2-3,13-14H2,1,4-7H3,(H,41,42)/b27-8+,30-29-. The fraction of sp³-hybridized carbons (Fsp3) is 0.235. The van der Waals surface area contributed by atoms with Crippen molar-refractivity contribution in [3.8, 4) is 22.6 Å². The summed E-state index contributed by atoms with van der Waals surface area (Å²) in [5.74, 6) is -0.605. The fourth-order valence-electron chi connectivity index (χ4n) is 5.17. The van der Waals surface area contributed by atoms with Crippen LogP contribution in [0.2, 0.25) is 0 Å². The van der Waals surface area contributed by atoms with Gasteiger partial charge >= 0.3 is 0 Å². The first-order valence-corrected chi connectivity index (χ1v) is 14.3. The van der Waals surface area contributed by atoms with Crippen LogP contribution in [0.25, 0.3) is 51.2 Å². The molecule has 4 aromatic heterocycles. The molecule has 0 aliphatic rings. The summed E-state index contributed by atoms with van der Waals surface area (Å²) in [7, 11) is 1.80. The first-order chi connectivity index (χ1) is 21.0. The van der Waals surface area contributed by atoms with Crippen molar-refractivity contribution in [3.05, 3.63) is 95.4 Å². The van der Waals surface area contributed by atoms with Gasteiger partial charge in [0, 0.05) is 41.3 Å². The van der Waals surface area contributed by atoms with Gasteiger partial charge in [0.1, 0.15) is 17.3 Å². The average Bonchev–Trinajstić information content (AvgIpc) is 3.59. The number of halogens is 2. The number of aromatic nitrogens is 6. The molecule has 4 N–H and O–H groups in total. The van der Waals surface area contributed by atoms with Gasteiger partial charge in [0.25, 0.3) is 0 Å². The second-order valence-corrected chi connectivity index (χ2v) is 11.9. The van der Waals surface area contributed by atoms with E-state index in [1.54, 1.807) is 50.9 Å². The maximum Gasteiger partial charge on any atom is 0.159 e. The highest BCUT2D eigenvalue weighted by Gasteiger charge is 2.19. The highest BCUT2D eigenvalue weighted by Crippen LogP contribution is 2.30. The van der Waals surface area contributed by atoms with Gasteiger partial charge in [0.2, 0.25) is 0 Å². The number of aromatic amines is 2. The van der Waals surface area contributed by atoms with Crippen molar-refractivity contribution in [3.63, 3.8) is 0 Å². The number of H-pyrrole nitrogens is 2. The molecule has 5 aromatic rings. The van der Waals surface area contributed by atoms with Crippen LogP contribution in [0.5, 0.6) is 0 Å². The Morgan fingerprint density at radius 2 is 1.82 bits per heavy atom. The minimum atomic E-state index is -0.574. The Morgan fingerprint density at radius 1 is 1.05 bits per heavy atom. The third kappa shape index (κ3) is 6.50. The number of rotatable bonds is 9. The van der Waals surface area contributed by atoms with Crippen molar-refractivity contribution in [1.29, 1.82) is 0 Å². The summed E-state index contributed by atoms with van der Waals surface area (Å²) in [6.45, 7) is 16.9. The molecule has 0 spiro atoms. The normalized spacial score (nSPS) is 12.9. The fourth-order valence-corrected chi connectivity index (χ4v) is 5.17. The molecule has 10 heteroatoms. The molecule has 0 bridgehead atoms. The molecule has 5 rings (SSSR count). The summed E-state index contributed by atoms with van der Waals surface area (Å²) in [6, 6.07) is 6.61. The summed E-state index contributed by atoms with van der Waals surface area (Å²) in [5.41, 5.74) is 5.72. The van der Waals surface area contributed by atoms with E-state index in [2.05, 4.69) is 69.7 Å². The number of nitrogens with zero attached hydrogens (tertiary/aromatic N) is 4. The van der Waals surface area contributed by atoms with E-state index < -0.39 is 5.83 Å². The Balaban J connectivity index is 1.57. The summed E-state index contributed by atoms with van der Waals surface area (Å²) in [4.78, 5) is 16.7. The summed E-state index contributed by atoms with van der Waals surface area (Å²) in [6.07, 6.45) is 8.99. The molecule has 0 fully saturated rings. The van der Waals surface area contributed by atoms with Crippen molar-refractivity contribution >= 4 is 34.2 Å². The molecule has 1 aromatic carbocycles. The number of nitrogens with one attached hydrogen (secondary N) is 4. The van der Waals surface area contributed by atoms with Crippen LogP contribution < -0.4 is 21.2 Å². The van der Waals surface area contributed by atoms with Gasteiger partial charge in [-0.15, -0.1) is 0 Å². The van der Waals surface area contributed by atoms with E-state index in [0.29, 0.717) is 51.1 Å². The Hall–Kier alpha value is -4.96. The minimum Gasteiger partial charge on any atom is -0.358 e. The Labute approximate surface area is 254 Å². The molecule has 0 atom stereocenters. The van der Waals surface area contributed by atoms with Gasteiger partial charge in [-0.3, -0.25) is 15.1 Å². The maximum atomic E-state index is 16.4. The van der Waals surface area contributed by atoms with Gasteiger partial charge in [0.15, 0.2) is 5.82 Å². The molecule has 0 saturated heterocycles. The summed E-state index contributed by atoms with van der Waals surface area (Å²) >= 11 is 0. The van der Waals surface area contributed by atoms with Gasteiger partial charge in [-0.2, -0.15) is 5.10 Å². The first-order valence-electron chi connectivity index (χ1n) is 14.3. The number of fused-ring (bicyclic) bond motifs is 1. The van der Waals surface area contributed by atoms with Crippen LogP contribution in [0, 0.1) is 11.2 Å². The van der Waals surface area contributed by atoms with E-state index in [-0.39, 0.29) is 27.7 Å². The third-order valence-corrected chi connectivity index (χ3v) is 6.99. The zero-order valence-electron chi connectivity index (χ0n) is 25.6. The first kappa shape index (κ1) is 30.5. The number of imidazole rings is 1. The van der Waals surface area contributed by atoms with Gasteiger partial charge < -0.3 is 15.6 Å². The smallest absolute Gasteiger partial charge is 0.159 e. The Morgan fingerprint density at radius 3 is 2.55 bits per heavy atom. The Bertz CT molecular complexity index is 2000. The number of pyridine rings is 2. The predicted molar refractivity (Wildman–Crippen MR) is 174 cm³/mol. The number of hydrogen-bond acceptors (Lipinski definition) is 6. The highest BCUT2D eigenvalue weighted by molar-refractivity contribution is 5.95. The molecule has 0 radical (unpaired) electrons. The number of hydrogen-bond donors (Lipinski definition) is 4. The van der Waals surface area contributed by atoms with Crippen LogP contribution >= 0.6 is 0 Å². The van der Waals surface area contributed by atoms with Crippen LogP contribution in [0.3, 0.4) is 0 Å². The molecule has 0 aliphatic heterocycles. The maximum absolute atomic E-state index is 16.4. The van der Waals surface area contributed by atoms with E-state index in [1.807, 2.05) is 6.07 Å². The number of benzene rings is 1. The lowest BCUT2D eigenvalue weighted by Crippen LogP contribution is -2.26. The average molecular weight is 595 g/mol. The monoisotopic (exact) mass is 594 g/mol. The van der Waals surface area contributed by atoms with Crippen molar-refractivity contribution in [2.45, 2.75) is 40.7 Å². The quantitative estimate of drug-likeness (QED) is 0.161. The minimum absolute atomic E-state index is 0.0591. The van der Waals surface area contributed by atoms with Crippen LogP contribution in [-0.4, -0.2) is 37.2 Å². The van der Waals surface area contributed by atoms with Gasteiger partial charge in [0.05, 0.1) is 39.7 Å². The van der Waals surface area contributed by atoms with Crippen molar-refractivity contribution in [2.75, 3.05) is 12.4 Å². The number of allylic oxidation sites excluding steroid dienone is 2. The molecule has 0 saturated carbocycles. The lowest BCUT2D eigenvalue weighted by molar-refractivity contribution is 0.411. The summed E-state index contributed by atoms with van der Waals surface area (Å²) in [5, 5.41) is 14.3. The van der Waals surface area contributed by atoms with E-state index in [1.165, 1.54) is 12.1 Å². The van der Waals surface area contributed by atoms with Crippen LogP contribution in [0.4, 0.5) is 14.5 Å². The molecule has 0 amide bonds.